The van der Waals surface area contributed by atoms with Crippen LogP contribution in [0.1, 0.15) is 11.3 Å². The molecule has 2 rings (SSSR count). The first kappa shape index (κ1) is 14.2. The molecule has 0 fully saturated rings. The number of anilines is 1. The Labute approximate surface area is 119 Å². The summed E-state index contributed by atoms with van der Waals surface area (Å²) < 4.78 is 10.6. The molecule has 0 atom stereocenters. The minimum atomic E-state index is 0.760. The van der Waals surface area contributed by atoms with Crippen molar-refractivity contribution in [2.75, 3.05) is 26.1 Å². The number of aromatic nitrogens is 1. The van der Waals surface area contributed by atoms with E-state index in [1.54, 1.807) is 20.4 Å². The monoisotopic (exact) mass is 272 g/mol. The van der Waals surface area contributed by atoms with Crippen LogP contribution in [0.15, 0.2) is 36.5 Å². The number of hydrogen-bond acceptors (Lipinski definition) is 4. The Morgan fingerprint density at radius 3 is 2.60 bits per heavy atom. The maximum Gasteiger partial charge on any atom is 0.160 e. The fourth-order valence-electron chi connectivity index (χ4n) is 2.09. The van der Waals surface area contributed by atoms with Gasteiger partial charge in [0.15, 0.2) is 5.75 Å². The lowest BCUT2D eigenvalue weighted by molar-refractivity contribution is 0.409. The van der Waals surface area contributed by atoms with Crippen LogP contribution in [0.3, 0.4) is 0 Å². The summed E-state index contributed by atoms with van der Waals surface area (Å²) in [5.74, 6) is 1.68. The summed E-state index contributed by atoms with van der Waals surface area (Å²) in [7, 11) is 3.35. The number of aryl methyl sites for hydroxylation is 1. The fourth-order valence-corrected chi connectivity index (χ4v) is 2.09. The minimum Gasteiger partial charge on any atom is -0.496 e. The van der Waals surface area contributed by atoms with Crippen molar-refractivity contribution in [2.45, 2.75) is 13.3 Å². The van der Waals surface area contributed by atoms with Crippen molar-refractivity contribution in [3.8, 4) is 11.5 Å². The molecule has 1 aromatic carbocycles. The summed E-state index contributed by atoms with van der Waals surface area (Å²) in [5, 5.41) is 3.38. The van der Waals surface area contributed by atoms with E-state index in [2.05, 4.69) is 16.4 Å². The Balaban J connectivity index is 2.01. The summed E-state index contributed by atoms with van der Waals surface area (Å²) in [6, 6.07) is 10.0. The van der Waals surface area contributed by atoms with Gasteiger partial charge in [-0.1, -0.05) is 18.2 Å². The van der Waals surface area contributed by atoms with Crippen LogP contribution < -0.4 is 14.8 Å². The van der Waals surface area contributed by atoms with E-state index in [0.717, 1.165) is 35.8 Å². The van der Waals surface area contributed by atoms with Crippen molar-refractivity contribution in [2.24, 2.45) is 0 Å². The molecule has 0 radical (unpaired) electrons. The van der Waals surface area contributed by atoms with E-state index < -0.39 is 0 Å². The highest BCUT2D eigenvalue weighted by Gasteiger charge is 2.05. The highest BCUT2D eigenvalue weighted by Crippen LogP contribution is 2.24. The van der Waals surface area contributed by atoms with Crippen molar-refractivity contribution in [3.05, 3.63) is 47.8 Å². The zero-order chi connectivity index (χ0) is 14.4. The van der Waals surface area contributed by atoms with Gasteiger partial charge in [-0.25, -0.2) is 0 Å². The molecule has 0 saturated heterocycles. The third-order valence-electron chi connectivity index (χ3n) is 3.13. The molecule has 0 saturated carbocycles. The molecule has 0 aliphatic carbocycles. The minimum absolute atomic E-state index is 0.760. The first-order chi connectivity index (χ1) is 9.74. The van der Waals surface area contributed by atoms with Crippen LogP contribution in [-0.2, 0) is 6.42 Å². The molecule has 20 heavy (non-hydrogen) atoms. The Morgan fingerprint density at radius 2 is 1.85 bits per heavy atom. The van der Waals surface area contributed by atoms with Gasteiger partial charge < -0.3 is 14.8 Å². The maximum atomic E-state index is 5.35. The van der Waals surface area contributed by atoms with Crippen LogP contribution >= 0.6 is 0 Å². The standard InChI is InChI=1S/C16H20N2O2/c1-12-10-14(16(20-3)11-18-12)17-9-8-13-6-4-5-7-15(13)19-2/h4-7,10-11H,8-9H2,1-3H3,(H,17,18). The number of rotatable bonds is 6. The van der Waals surface area contributed by atoms with E-state index in [1.165, 1.54) is 5.56 Å². The van der Waals surface area contributed by atoms with Gasteiger partial charge in [0, 0.05) is 12.2 Å². The molecule has 0 amide bonds. The molecular weight excluding hydrogens is 252 g/mol. The van der Waals surface area contributed by atoms with Gasteiger partial charge >= 0.3 is 0 Å². The van der Waals surface area contributed by atoms with Crippen molar-refractivity contribution >= 4 is 5.69 Å². The number of ether oxygens (including phenoxy) is 2. The first-order valence-corrected chi connectivity index (χ1v) is 6.61. The second-order valence-electron chi connectivity index (χ2n) is 4.51. The van der Waals surface area contributed by atoms with Crippen LogP contribution in [0.2, 0.25) is 0 Å². The zero-order valence-electron chi connectivity index (χ0n) is 12.1. The van der Waals surface area contributed by atoms with E-state index in [-0.39, 0.29) is 0 Å². The molecular formula is C16H20N2O2. The van der Waals surface area contributed by atoms with E-state index >= 15 is 0 Å². The molecule has 106 valence electrons. The summed E-state index contributed by atoms with van der Waals surface area (Å²) >= 11 is 0. The van der Waals surface area contributed by atoms with Crippen molar-refractivity contribution < 1.29 is 9.47 Å². The third-order valence-corrected chi connectivity index (χ3v) is 3.13. The largest absolute Gasteiger partial charge is 0.496 e. The highest BCUT2D eigenvalue weighted by atomic mass is 16.5. The second kappa shape index (κ2) is 6.80. The van der Waals surface area contributed by atoms with Crippen LogP contribution in [0, 0.1) is 6.92 Å². The number of pyridine rings is 1. The van der Waals surface area contributed by atoms with Gasteiger partial charge in [0.25, 0.3) is 0 Å². The number of hydrogen-bond donors (Lipinski definition) is 1. The Kier molecular flexibility index (Phi) is 4.82. The van der Waals surface area contributed by atoms with E-state index in [0.29, 0.717) is 0 Å². The van der Waals surface area contributed by atoms with Gasteiger partial charge in [0.2, 0.25) is 0 Å². The van der Waals surface area contributed by atoms with Crippen molar-refractivity contribution in [1.29, 1.82) is 0 Å². The molecule has 0 bridgehead atoms. The SMILES string of the molecule is COc1ccccc1CCNc1cc(C)ncc1OC. The quantitative estimate of drug-likeness (QED) is 0.877. The average molecular weight is 272 g/mol. The predicted octanol–water partition coefficient (Wildman–Crippen LogP) is 3.06. The van der Waals surface area contributed by atoms with Gasteiger partial charge in [-0.2, -0.15) is 0 Å². The summed E-state index contributed by atoms with van der Waals surface area (Å²) in [5.41, 5.74) is 3.12. The Bertz CT molecular complexity index is 570. The molecule has 1 aromatic heterocycles. The van der Waals surface area contributed by atoms with Crippen LogP contribution in [0.25, 0.3) is 0 Å². The second-order valence-corrected chi connectivity index (χ2v) is 4.51. The third kappa shape index (κ3) is 3.41. The van der Waals surface area contributed by atoms with E-state index in [9.17, 15) is 0 Å². The highest BCUT2D eigenvalue weighted by molar-refractivity contribution is 5.56. The summed E-state index contributed by atoms with van der Waals surface area (Å²) in [6.07, 6.45) is 2.62. The fraction of sp³-hybridized carbons (Fsp3) is 0.312. The van der Waals surface area contributed by atoms with Crippen molar-refractivity contribution in [1.82, 2.24) is 4.98 Å². The summed E-state index contributed by atoms with van der Waals surface area (Å²) in [4.78, 5) is 4.22. The number of nitrogens with one attached hydrogen (secondary N) is 1. The number of methoxy groups -OCH3 is 2. The zero-order valence-corrected chi connectivity index (χ0v) is 12.1. The van der Waals surface area contributed by atoms with E-state index in [4.69, 9.17) is 9.47 Å². The van der Waals surface area contributed by atoms with Gasteiger partial charge in [-0.15, -0.1) is 0 Å². The Hall–Kier alpha value is -2.23. The predicted molar refractivity (Wildman–Crippen MR) is 80.7 cm³/mol. The molecule has 4 heteroatoms. The maximum absolute atomic E-state index is 5.35. The van der Waals surface area contributed by atoms with Gasteiger partial charge in [-0.3, -0.25) is 4.98 Å². The normalized spacial score (nSPS) is 10.2. The number of nitrogens with zero attached hydrogens (tertiary/aromatic N) is 1. The number of benzene rings is 1. The smallest absolute Gasteiger partial charge is 0.160 e. The topological polar surface area (TPSA) is 43.4 Å². The average Bonchev–Trinajstić information content (AvgIpc) is 2.48. The molecule has 4 nitrogen and oxygen atoms in total. The van der Waals surface area contributed by atoms with Gasteiger partial charge in [0.1, 0.15) is 5.75 Å². The van der Waals surface area contributed by atoms with Crippen molar-refractivity contribution in [3.63, 3.8) is 0 Å². The number of para-hydroxylation sites is 1. The molecule has 2 aromatic rings. The molecule has 1 N–H and O–H groups in total. The molecule has 1 heterocycles. The molecule has 0 spiro atoms. The van der Waals surface area contributed by atoms with Crippen LogP contribution in [0.5, 0.6) is 11.5 Å². The molecule has 0 aliphatic rings. The molecule has 0 aliphatic heterocycles. The Morgan fingerprint density at radius 1 is 1.10 bits per heavy atom. The summed E-state index contributed by atoms with van der Waals surface area (Å²) in [6.45, 7) is 2.77. The lowest BCUT2D eigenvalue weighted by atomic mass is 10.1. The van der Waals surface area contributed by atoms with Crippen LogP contribution in [-0.4, -0.2) is 25.7 Å². The molecule has 0 unspecified atom stereocenters. The lowest BCUT2D eigenvalue weighted by Gasteiger charge is -2.12. The van der Waals surface area contributed by atoms with Gasteiger partial charge in [0.05, 0.1) is 26.1 Å². The van der Waals surface area contributed by atoms with Crippen LogP contribution in [0.4, 0.5) is 5.69 Å². The van der Waals surface area contributed by atoms with Gasteiger partial charge in [-0.05, 0) is 31.0 Å². The first-order valence-electron chi connectivity index (χ1n) is 6.61. The lowest BCUT2D eigenvalue weighted by Crippen LogP contribution is -2.07. The van der Waals surface area contributed by atoms with E-state index in [1.807, 2.05) is 31.2 Å².